The molecule has 2 aromatic rings. The van der Waals surface area contributed by atoms with E-state index in [1.165, 1.54) is 5.56 Å². The standard InChI is InChI=1S/C18H22ClN5O2/c19-15-3-1-2-14(12-15)4-7-20-16-13-21-23-17(22-16)24-8-5-18(6-9-24)25-10-11-26-18/h1-3,12-13H,4-11H2,(H,20,22,23). The van der Waals surface area contributed by atoms with Gasteiger partial charge in [-0.3, -0.25) is 0 Å². The third-order valence-corrected chi connectivity index (χ3v) is 5.01. The molecular weight excluding hydrogens is 354 g/mol. The monoisotopic (exact) mass is 375 g/mol. The molecule has 2 fully saturated rings. The minimum atomic E-state index is -0.392. The molecule has 0 aliphatic carbocycles. The molecule has 1 N–H and O–H groups in total. The fraction of sp³-hybridized carbons (Fsp3) is 0.500. The summed E-state index contributed by atoms with van der Waals surface area (Å²) in [4.78, 5) is 6.72. The first kappa shape index (κ1) is 17.5. The van der Waals surface area contributed by atoms with Gasteiger partial charge >= 0.3 is 0 Å². The van der Waals surface area contributed by atoms with Gasteiger partial charge in [0.05, 0.1) is 19.4 Å². The van der Waals surface area contributed by atoms with Gasteiger partial charge in [-0.15, -0.1) is 5.10 Å². The summed E-state index contributed by atoms with van der Waals surface area (Å²) in [5.74, 6) is 0.979. The van der Waals surface area contributed by atoms with Gasteiger partial charge in [0.2, 0.25) is 5.95 Å². The fourth-order valence-corrected chi connectivity index (χ4v) is 3.59. The Morgan fingerprint density at radius 3 is 2.77 bits per heavy atom. The molecule has 3 heterocycles. The Kier molecular flexibility index (Phi) is 5.19. The highest BCUT2D eigenvalue weighted by Crippen LogP contribution is 2.32. The van der Waals surface area contributed by atoms with Gasteiger partial charge in [-0.25, -0.2) is 0 Å². The molecule has 2 aliphatic rings. The largest absolute Gasteiger partial charge is 0.368 e. The lowest BCUT2D eigenvalue weighted by molar-refractivity contribution is -0.169. The van der Waals surface area contributed by atoms with Crippen LogP contribution in [0.2, 0.25) is 5.02 Å². The van der Waals surface area contributed by atoms with Gasteiger partial charge in [0, 0.05) is 37.5 Å². The van der Waals surface area contributed by atoms with Gasteiger partial charge in [0.25, 0.3) is 0 Å². The number of ether oxygens (including phenoxy) is 2. The average molecular weight is 376 g/mol. The molecule has 0 bridgehead atoms. The van der Waals surface area contributed by atoms with E-state index < -0.39 is 5.79 Å². The second-order valence-electron chi connectivity index (χ2n) is 6.54. The van der Waals surface area contributed by atoms with Crippen LogP contribution in [0.4, 0.5) is 11.8 Å². The number of nitrogens with zero attached hydrogens (tertiary/aromatic N) is 4. The molecule has 0 amide bonds. The number of hydrogen-bond donors (Lipinski definition) is 1. The van der Waals surface area contributed by atoms with Crippen LogP contribution in [-0.4, -0.2) is 53.8 Å². The molecule has 0 radical (unpaired) electrons. The van der Waals surface area contributed by atoms with Crippen LogP contribution in [0, 0.1) is 0 Å². The van der Waals surface area contributed by atoms with Crippen molar-refractivity contribution in [1.82, 2.24) is 15.2 Å². The van der Waals surface area contributed by atoms with E-state index in [1.807, 2.05) is 18.2 Å². The van der Waals surface area contributed by atoms with Crippen molar-refractivity contribution >= 4 is 23.4 Å². The van der Waals surface area contributed by atoms with E-state index in [9.17, 15) is 0 Å². The molecule has 8 heteroatoms. The molecule has 2 aliphatic heterocycles. The Labute approximate surface area is 157 Å². The second-order valence-corrected chi connectivity index (χ2v) is 6.98. The van der Waals surface area contributed by atoms with Gasteiger partial charge < -0.3 is 19.7 Å². The Morgan fingerprint density at radius 2 is 2.00 bits per heavy atom. The van der Waals surface area contributed by atoms with Crippen molar-refractivity contribution in [1.29, 1.82) is 0 Å². The van der Waals surface area contributed by atoms with Crippen molar-refractivity contribution in [2.45, 2.75) is 25.0 Å². The topological polar surface area (TPSA) is 72.4 Å². The van der Waals surface area contributed by atoms with Gasteiger partial charge in [-0.2, -0.15) is 10.1 Å². The summed E-state index contributed by atoms with van der Waals surface area (Å²) in [5.41, 5.74) is 1.19. The highest BCUT2D eigenvalue weighted by atomic mass is 35.5. The number of hydrogen-bond acceptors (Lipinski definition) is 7. The van der Waals surface area contributed by atoms with E-state index in [2.05, 4.69) is 31.5 Å². The zero-order chi connectivity index (χ0) is 17.8. The number of piperidine rings is 1. The number of anilines is 2. The summed E-state index contributed by atoms with van der Waals surface area (Å²) in [6.45, 7) is 3.72. The summed E-state index contributed by atoms with van der Waals surface area (Å²) in [6, 6.07) is 7.88. The lowest BCUT2D eigenvalue weighted by atomic mass is 10.0. The summed E-state index contributed by atoms with van der Waals surface area (Å²) >= 11 is 6.02. The lowest BCUT2D eigenvalue weighted by Gasteiger charge is -2.37. The molecule has 1 spiro atoms. The number of benzene rings is 1. The maximum atomic E-state index is 6.02. The SMILES string of the molecule is Clc1cccc(CCNc2cnnc(N3CCC4(CC3)OCCO4)n2)c1. The third kappa shape index (κ3) is 4.06. The first-order valence-electron chi connectivity index (χ1n) is 8.93. The summed E-state index contributed by atoms with van der Waals surface area (Å²) in [6.07, 6.45) is 4.16. The van der Waals surface area contributed by atoms with E-state index in [1.54, 1.807) is 6.20 Å². The van der Waals surface area contributed by atoms with Gasteiger partial charge in [-0.1, -0.05) is 23.7 Å². The van der Waals surface area contributed by atoms with Crippen LogP contribution in [0.5, 0.6) is 0 Å². The number of aromatic nitrogens is 3. The first-order chi connectivity index (χ1) is 12.7. The second kappa shape index (κ2) is 7.73. The first-order valence-corrected chi connectivity index (χ1v) is 9.31. The van der Waals surface area contributed by atoms with E-state index >= 15 is 0 Å². The highest BCUT2D eigenvalue weighted by molar-refractivity contribution is 6.30. The minimum absolute atomic E-state index is 0.392. The number of halogens is 1. The lowest BCUT2D eigenvalue weighted by Crippen LogP contribution is -2.45. The van der Waals surface area contributed by atoms with Gasteiger partial charge in [-0.05, 0) is 24.1 Å². The van der Waals surface area contributed by atoms with Crippen molar-refractivity contribution < 1.29 is 9.47 Å². The van der Waals surface area contributed by atoms with Crippen LogP contribution in [-0.2, 0) is 15.9 Å². The zero-order valence-corrected chi connectivity index (χ0v) is 15.3. The maximum absolute atomic E-state index is 6.02. The summed E-state index contributed by atoms with van der Waals surface area (Å²) in [5, 5.41) is 12.3. The van der Waals surface area contributed by atoms with Crippen LogP contribution >= 0.6 is 11.6 Å². The molecule has 0 unspecified atom stereocenters. The Morgan fingerprint density at radius 1 is 1.19 bits per heavy atom. The van der Waals surface area contributed by atoms with Crippen LogP contribution in [0.1, 0.15) is 18.4 Å². The molecule has 4 rings (SSSR count). The van der Waals surface area contributed by atoms with E-state index in [0.717, 1.165) is 49.7 Å². The average Bonchev–Trinajstić information content (AvgIpc) is 3.11. The Balaban J connectivity index is 1.32. The summed E-state index contributed by atoms with van der Waals surface area (Å²) in [7, 11) is 0. The molecular formula is C18H22ClN5O2. The molecule has 1 aromatic carbocycles. The van der Waals surface area contributed by atoms with Crippen molar-refractivity contribution in [2.24, 2.45) is 0 Å². The predicted molar refractivity (Wildman–Crippen MR) is 99.6 cm³/mol. The quantitative estimate of drug-likeness (QED) is 0.860. The molecule has 1 aromatic heterocycles. The van der Waals surface area contributed by atoms with Crippen LogP contribution < -0.4 is 10.2 Å². The maximum Gasteiger partial charge on any atom is 0.247 e. The molecule has 138 valence electrons. The number of rotatable bonds is 5. The molecule has 0 saturated carbocycles. The van der Waals surface area contributed by atoms with Gasteiger partial charge in [0.1, 0.15) is 0 Å². The van der Waals surface area contributed by atoms with Crippen molar-refractivity contribution in [3.63, 3.8) is 0 Å². The number of nitrogens with one attached hydrogen (secondary N) is 1. The molecule has 2 saturated heterocycles. The molecule has 0 atom stereocenters. The highest BCUT2D eigenvalue weighted by Gasteiger charge is 2.40. The van der Waals surface area contributed by atoms with E-state index in [4.69, 9.17) is 21.1 Å². The Bertz CT molecular complexity index is 744. The van der Waals surface area contributed by atoms with Crippen LogP contribution in [0.25, 0.3) is 0 Å². The third-order valence-electron chi connectivity index (χ3n) is 4.78. The molecule has 7 nitrogen and oxygen atoms in total. The van der Waals surface area contributed by atoms with Gasteiger partial charge in [0.15, 0.2) is 11.6 Å². The van der Waals surface area contributed by atoms with Crippen LogP contribution in [0.3, 0.4) is 0 Å². The normalized spacial score (nSPS) is 19.0. The molecule has 26 heavy (non-hydrogen) atoms. The Hall–Kier alpha value is -1.96. The van der Waals surface area contributed by atoms with Crippen LogP contribution in [0.15, 0.2) is 30.5 Å². The van der Waals surface area contributed by atoms with Crippen molar-refractivity contribution in [3.8, 4) is 0 Å². The predicted octanol–water partition coefficient (Wildman–Crippen LogP) is 2.52. The minimum Gasteiger partial charge on any atom is -0.368 e. The smallest absolute Gasteiger partial charge is 0.247 e. The zero-order valence-electron chi connectivity index (χ0n) is 14.5. The van der Waals surface area contributed by atoms with Crippen molar-refractivity contribution in [2.75, 3.05) is 43.1 Å². The fourth-order valence-electron chi connectivity index (χ4n) is 3.37. The summed E-state index contributed by atoms with van der Waals surface area (Å²) < 4.78 is 11.5. The van der Waals surface area contributed by atoms with Crippen molar-refractivity contribution in [3.05, 3.63) is 41.0 Å². The van der Waals surface area contributed by atoms with E-state index in [0.29, 0.717) is 19.2 Å². The van der Waals surface area contributed by atoms with E-state index in [-0.39, 0.29) is 0 Å².